The molecule has 21 heavy (non-hydrogen) atoms. The summed E-state index contributed by atoms with van der Waals surface area (Å²) in [7, 11) is -8.40. The summed E-state index contributed by atoms with van der Waals surface area (Å²) in [5.41, 5.74) is 0. The van der Waals surface area contributed by atoms with Crippen LogP contribution in [-0.4, -0.2) is 54.6 Å². The van der Waals surface area contributed by atoms with Gasteiger partial charge in [0.25, 0.3) is 0 Å². The van der Waals surface area contributed by atoms with Crippen LogP contribution in [0.2, 0.25) is 0 Å². The van der Waals surface area contributed by atoms with Crippen molar-refractivity contribution in [3.63, 3.8) is 0 Å². The molecule has 0 aromatic heterocycles. The normalized spacial score (nSPS) is 13.0. The molecule has 0 bridgehead atoms. The Hall–Kier alpha value is -1.16. The lowest BCUT2D eigenvalue weighted by Gasteiger charge is -2.31. The zero-order valence-corrected chi connectivity index (χ0v) is 13.5. The van der Waals surface area contributed by atoms with Crippen LogP contribution in [0.25, 0.3) is 0 Å². The van der Waals surface area contributed by atoms with Gasteiger partial charge in [-0.25, -0.2) is 16.8 Å². The van der Waals surface area contributed by atoms with E-state index in [1.807, 2.05) is 0 Å². The van der Waals surface area contributed by atoms with E-state index < -0.39 is 72.9 Å². The zero-order chi connectivity index (χ0) is 16.9. The lowest BCUT2D eigenvalue weighted by atomic mass is 10.1. The fourth-order valence-corrected chi connectivity index (χ4v) is 7.02. The Kier molecular flexibility index (Phi) is 6.81. The van der Waals surface area contributed by atoms with Crippen LogP contribution < -0.4 is 0 Å². The van der Waals surface area contributed by atoms with Crippen molar-refractivity contribution in [2.75, 3.05) is 11.5 Å². The Morgan fingerprint density at radius 1 is 0.810 bits per heavy atom. The Bertz CT molecular complexity index is 534. The molecule has 10 heteroatoms. The van der Waals surface area contributed by atoms with E-state index in [9.17, 15) is 26.4 Å². The first-order valence-electron chi connectivity index (χ1n) is 6.34. The van der Waals surface area contributed by atoms with Gasteiger partial charge in [0.1, 0.15) is 0 Å². The van der Waals surface area contributed by atoms with Gasteiger partial charge in [-0.1, -0.05) is 13.8 Å². The third-order valence-corrected chi connectivity index (χ3v) is 9.46. The predicted molar refractivity (Wildman–Crippen MR) is 75.4 cm³/mol. The Balaban J connectivity index is 6.08. The van der Waals surface area contributed by atoms with E-state index in [0.29, 0.717) is 0 Å². The van der Waals surface area contributed by atoms with E-state index in [4.69, 9.17) is 10.2 Å². The fourth-order valence-electron chi connectivity index (χ4n) is 2.06. The van der Waals surface area contributed by atoms with Gasteiger partial charge in [-0.15, -0.1) is 0 Å². The van der Waals surface area contributed by atoms with Gasteiger partial charge >= 0.3 is 11.9 Å². The molecule has 2 N–H and O–H groups in total. The number of hydrogen-bond donors (Lipinski definition) is 2. The number of carboxylic acid groups (broad SMARTS) is 2. The average Bonchev–Trinajstić information content (AvgIpc) is 2.37. The van der Waals surface area contributed by atoms with Gasteiger partial charge in [0.05, 0.1) is 0 Å². The van der Waals surface area contributed by atoms with Crippen molar-refractivity contribution in [1.29, 1.82) is 0 Å². The lowest BCUT2D eigenvalue weighted by Crippen LogP contribution is -2.48. The minimum atomic E-state index is -4.20. The van der Waals surface area contributed by atoms with E-state index in [1.165, 1.54) is 13.8 Å². The van der Waals surface area contributed by atoms with Gasteiger partial charge in [-0.3, -0.25) is 9.59 Å². The number of carbonyl (C=O) groups is 2. The highest BCUT2D eigenvalue weighted by atomic mass is 32.3. The molecule has 0 aliphatic heterocycles. The van der Waals surface area contributed by atoms with E-state index >= 15 is 0 Å². The molecule has 124 valence electrons. The molecule has 0 rings (SSSR count). The minimum absolute atomic E-state index is 0.508. The van der Waals surface area contributed by atoms with Gasteiger partial charge < -0.3 is 10.2 Å². The molecule has 0 radical (unpaired) electrons. The quantitative estimate of drug-likeness (QED) is 0.575. The van der Waals surface area contributed by atoms with E-state index in [-0.39, 0.29) is 0 Å². The van der Waals surface area contributed by atoms with Crippen LogP contribution in [0.3, 0.4) is 0 Å². The second-order valence-electron chi connectivity index (χ2n) is 4.51. The summed E-state index contributed by atoms with van der Waals surface area (Å²) in [5, 5.41) is 17.5. The number of carboxylic acids is 2. The molecule has 0 saturated heterocycles. The number of sulfone groups is 2. The molecule has 0 saturated carbocycles. The van der Waals surface area contributed by atoms with E-state index in [1.54, 1.807) is 0 Å². The van der Waals surface area contributed by atoms with E-state index in [0.717, 1.165) is 0 Å². The summed E-state index contributed by atoms with van der Waals surface area (Å²) >= 11 is 0. The SMILES string of the molecule is CCS(=O)(=O)C(CCC(=O)O)(CCC(=O)O)S(=O)(=O)CC. The van der Waals surface area contributed by atoms with Gasteiger partial charge in [0.15, 0.2) is 23.8 Å². The third kappa shape index (κ3) is 4.40. The molecule has 0 spiro atoms. The summed E-state index contributed by atoms with van der Waals surface area (Å²) in [6.07, 6.45) is -2.64. The van der Waals surface area contributed by atoms with Crippen LogP contribution in [-0.2, 0) is 29.3 Å². The minimum Gasteiger partial charge on any atom is -0.481 e. The molecule has 0 aliphatic rings. The summed E-state index contributed by atoms with van der Waals surface area (Å²) in [6.45, 7) is 2.49. The van der Waals surface area contributed by atoms with Crippen molar-refractivity contribution in [3.05, 3.63) is 0 Å². The summed E-state index contributed by atoms with van der Waals surface area (Å²) < 4.78 is 46.8. The zero-order valence-electron chi connectivity index (χ0n) is 11.9. The first kappa shape index (κ1) is 19.8. The van der Waals surface area contributed by atoms with Crippen LogP contribution in [0.4, 0.5) is 0 Å². The molecule has 0 amide bonds. The maximum atomic E-state index is 12.3. The first-order chi connectivity index (χ1) is 9.45. The van der Waals surface area contributed by atoms with Crippen molar-refractivity contribution < 1.29 is 36.6 Å². The highest BCUT2D eigenvalue weighted by Crippen LogP contribution is 2.36. The van der Waals surface area contributed by atoms with Crippen molar-refractivity contribution in [3.8, 4) is 0 Å². The van der Waals surface area contributed by atoms with Gasteiger partial charge in [0, 0.05) is 24.3 Å². The monoisotopic (exact) mass is 344 g/mol. The van der Waals surface area contributed by atoms with Gasteiger partial charge in [0.2, 0.25) is 0 Å². The van der Waals surface area contributed by atoms with Crippen LogP contribution in [0.1, 0.15) is 39.5 Å². The number of rotatable bonds is 10. The Morgan fingerprint density at radius 2 is 1.10 bits per heavy atom. The molecule has 0 fully saturated rings. The standard InChI is InChI=1S/C11H20O8S2/c1-3-20(16,17)11(7-5-9(12)13,8-6-10(14)15)21(18,19)4-2/h3-8H2,1-2H3,(H,12,13)(H,14,15). The molecule has 0 aromatic rings. The highest BCUT2D eigenvalue weighted by Gasteiger charge is 2.52. The molecule has 8 nitrogen and oxygen atoms in total. The highest BCUT2D eigenvalue weighted by molar-refractivity contribution is 8.10. The molecule has 0 aromatic carbocycles. The van der Waals surface area contributed by atoms with Crippen molar-refractivity contribution in [2.24, 2.45) is 0 Å². The van der Waals surface area contributed by atoms with Crippen LogP contribution in [0.15, 0.2) is 0 Å². The molecule has 0 heterocycles. The van der Waals surface area contributed by atoms with Crippen LogP contribution >= 0.6 is 0 Å². The molecule has 0 atom stereocenters. The smallest absolute Gasteiger partial charge is 0.303 e. The summed E-state index contributed by atoms with van der Waals surface area (Å²) in [6, 6.07) is 0. The largest absolute Gasteiger partial charge is 0.481 e. The van der Waals surface area contributed by atoms with Crippen molar-refractivity contribution >= 4 is 31.6 Å². The maximum absolute atomic E-state index is 12.3. The molecular weight excluding hydrogens is 324 g/mol. The molecule has 0 unspecified atom stereocenters. The number of hydrogen-bond acceptors (Lipinski definition) is 6. The Morgan fingerprint density at radius 3 is 1.29 bits per heavy atom. The maximum Gasteiger partial charge on any atom is 0.303 e. The van der Waals surface area contributed by atoms with Gasteiger partial charge in [-0.2, -0.15) is 0 Å². The molecular formula is C11H20O8S2. The topological polar surface area (TPSA) is 143 Å². The third-order valence-electron chi connectivity index (χ3n) is 3.33. The van der Waals surface area contributed by atoms with Crippen molar-refractivity contribution in [2.45, 2.75) is 43.6 Å². The predicted octanol–water partition coefficient (Wildman–Crippen LogP) is 0.282. The summed E-state index contributed by atoms with van der Waals surface area (Å²) in [5.74, 6) is -3.70. The average molecular weight is 344 g/mol. The second-order valence-corrected chi connectivity index (χ2v) is 9.94. The molecule has 0 aliphatic carbocycles. The lowest BCUT2D eigenvalue weighted by molar-refractivity contribution is -0.137. The Labute approximate surface area is 124 Å². The van der Waals surface area contributed by atoms with E-state index in [2.05, 4.69) is 0 Å². The second kappa shape index (κ2) is 7.21. The van der Waals surface area contributed by atoms with Gasteiger partial charge in [-0.05, 0) is 12.8 Å². The number of aliphatic carboxylic acids is 2. The fraction of sp³-hybridized carbons (Fsp3) is 0.818. The van der Waals surface area contributed by atoms with Crippen molar-refractivity contribution in [1.82, 2.24) is 0 Å². The first-order valence-corrected chi connectivity index (χ1v) is 9.64. The summed E-state index contributed by atoms with van der Waals surface area (Å²) in [4.78, 5) is 21.4. The van der Waals surface area contributed by atoms with Crippen LogP contribution in [0.5, 0.6) is 0 Å². The van der Waals surface area contributed by atoms with Crippen LogP contribution in [0, 0.1) is 0 Å².